The number of nitrogens with zero attached hydrogens (tertiary/aromatic N) is 1. The van der Waals surface area contributed by atoms with Gasteiger partial charge in [0.15, 0.2) is 0 Å². The second-order valence-corrected chi connectivity index (χ2v) is 2.28. The van der Waals surface area contributed by atoms with Gasteiger partial charge in [-0.3, -0.25) is 0 Å². The van der Waals surface area contributed by atoms with E-state index in [1.165, 1.54) is 0 Å². The average molecular weight is 137 g/mol. The smallest absolute Gasteiger partial charge is 0.114 e. The van der Waals surface area contributed by atoms with Crippen molar-refractivity contribution in [2.75, 3.05) is 11.9 Å². The molecule has 1 aromatic heterocycles. The third-order valence-corrected chi connectivity index (χ3v) is 1.47. The third-order valence-electron chi connectivity index (χ3n) is 1.47. The Hall–Kier alpha value is -1.18. The summed E-state index contributed by atoms with van der Waals surface area (Å²) in [6.45, 7) is 5.75. The molecule has 10 heavy (non-hydrogen) atoms. The quantitative estimate of drug-likeness (QED) is 0.621. The lowest BCUT2D eigenvalue weighted by Gasteiger charge is -2.15. The van der Waals surface area contributed by atoms with Gasteiger partial charge in [0.05, 0.1) is 12.0 Å². The minimum atomic E-state index is 1.00. The Morgan fingerprint density at radius 2 is 2.40 bits per heavy atom. The molecule has 0 atom stereocenters. The molecule has 0 N–H and O–H groups in total. The average Bonchev–Trinajstić information content (AvgIpc) is 2.36. The molecule has 0 fully saturated rings. The molecule has 1 rings (SSSR count). The highest BCUT2D eigenvalue weighted by Crippen LogP contribution is 2.15. The Labute approximate surface area is 60.8 Å². The van der Waals surface area contributed by atoms with Gasteiger partial charge >= 0.3 is 0 Å². The molecule has 0 saturated carbocycles. The van der Waals surface area contributed by atoms with Gasteiger partial charge in [0, 0.05) is 18.8 Å². The molecule has 0 aliphatic carbocycles. The van der Waals surface area contributed by atoms with Crippen LogP contribution in [0.5, 0.6) is 0 Å². The molecular formula is C8H11NO. The van der Waals surface area contributed by atoms with Crippen LogP contribution >= 0.6 is 0 Å². The highest BCUT2D eigenvalue weighted by molar-refractivity contribution is 5.47. The zero-order valence-corrected chi connectivity index (χ0v) is 6.29. The molecule has 2 nitrogen and oxygen atoms in total. The van der Waals surface area contributed by atoms with Crippen LogP contribution in [0.25, 0.3) is 0 Å². The molecular weight excluding hydrogens is 126 g/mol. The first-order valence-electron chi connectivity index (χ1n) is 3.13. The molecule has 1 aromatic rings. The maximum atomic E-state index is 4.90. The molecule has 0 spiro atoms. The number of furan rings is 1. The van der Waals surface area contributed by atoms with Crippen molar-refractivity contribution in [2.24, 2.45) is 0 Å². The molecule has 0 amide bonds. The number of hydrogen-bond donors (Lipinski definition) is 0. The summed E-state index contributed by atoms with van der Waals surface area (Å²) in [6, 6.07) is 1.90. The summed E-state index contributed by atoms with van der Waals surface area (Å²) in [6.07, 6.45) is 3.34. The minimum Gasteiger partial charge on any atom is -0.470 e. The summed E-state index contributed by atoms with van der Waals surface area (Å²) >= 11 is 0. The van der Waals surface area contributed by atoms with E-state index in [2.05, 4.69) is 6.58 Å². The summed E-state index contributed by atoms with van der Waals surface area (Å²) in [7, 11) is 1.95. The predicted octanol–water partition coefficient (Wildman–Crippen LogP) is 2.25. The lowest BCUT2D eigenvalue weighted by Crippen LogP contribution is -2.11. The number of rotatable bonds is 2. The third kappa shape index (κ3) is 1.21. The first-order chi connectivity index (χ1) is 4.72. The fraction of sp³-hybridized carbons (Fsp3) is 0.250. The Morgan fingerprint density at radius 3 is 2.80 bits per heavy atom. The van der Waals surface area contributed by atoms with Gasteiger partial charge in [0.2, 0.25) is 0 Å². The van der Waals surface area contributed by atoms with Gasteiger partial charge in [-0.1, -0.05) is 6.58 Å². The van der Waals surface area contributed by atoms with Crippen LogP contribution in [0.15, 0.2) is 35.3 Å². The number of allylic oxidation sites excluding steroid dienone is 1. The van der Waals surface area contributed by atoms with E-state index in [9.17, 15) is 0 Å². The van der Waals surface area contributed by atoms with Crippen LogP contribution in [-0.2, 0) is 0 Å². The van der Waals surface area contributed by atoms with Crippen molar-refractivity contribution in [3.63, 3.8) is 0 Å². The van der Waals surface area contributed by atoms with Gasteiger partial charge in [0.25, 0.3) is 0 Å². The summed E-state index contributed by atoms with van der Waals surface area (Å²) in [5, 5.41) is 0. The molecule has 0 radical (unpaired) electrons. The molecule has 0 aromatic carbocycles. The molecule has 1 heterocycles. The highest BCUT2D eigenvalue weighted by atomic mass is 16.3. The highest BCUT2D eigenvalue weighted by Gasteiger charge is 1.99. The normalized spacial score (nSPS) is 9.40. The van der Waals surface area contributed by atoms with Gasteiger partial charge in [-0.15, -0.1) is 0 Å². The summed E-state index contributed by atoms with van der Waals surface area (Å²) < 4.78 is 4.90. The monoisotopic (exact) mass is 137 g/mol. The molecule has 2 heteroatoms. The van der Waals surface area contributed by atoms with Gasteiger partial charge in [-0.2, -0.15) is 0 Å². The van der Waals surface area contributed by atoms with Crippen molar-refractivity contribution >= 4 is 5.69 Å². The summed E-state index contributed by atoms with van der Waals surface area (Å²) in [4.78, 5) is 1.96. The molecule has 54 valence electrons. The standard InChI is InChI=1S/C8H11NO/c1-7(2)9(3)8-4-5-10-6-8/h4-6H,1H2,2-3H3. The summed E-state index contributed by atoms with van der Waals surface area (Å²) in [5.41, 5.74) is 2.04. The largest absolute Gasteiger partial charge is 0.470 e. The van der Waals surface area contributed by atoms with Gasteiger partial charge in [-0.05, 0) is 6.92 Å². The van der Waals surface area contributed by atoms with Crippen LogP contribution in [0.2, 0.25) is 0 Å². The van der Waals surface area contributed by atoms with E-state index in [1.807, 2.05) is 24.9 Å². The van der Waals surface area contributed by atoms with E-state index in [-0.39, 0.29) is 0 Å². The van der Waals surface area contributed by atoms with Crippen LogP contribution < -0.4 is 4.90 Å². The molecule has 0 bridgehead atoms. The van der Waals surface area contributed by atoms with E-state index in [4.69, 9.17) is 4.42 Å². The van der Waals surface area contributed by atoms with Gasteiger partial charge < -0.3 is 9.32 Å². The predicted molar refractivity (Wildman–Crippen MR) is 41.9 cm³/mol. The van der Waals surface area contributed by atoms with Crippen LogP contribution in [0.4, 0.5) is 5.69 Å². The zero-order chi connectivity index (χ0) is 7.56. The second-order valence-electron chi connectivity index (χ2n) is 2.28. The van der Waals surface area contributed by atoms with Crippen molar-refractivity contribution in [3.05, 3.63) is 30.9 Å². The Balaban J connectivity index is 2.77. The minimum absolute atomic E-state index is 1.00. The fourth-order valence-corrected chi connectivity index (χ4v) is 0.669. The van der Waals surface area contributed by atoms with E-state index in [1.54, 1.807) is 12.5 Å². The van der Waals surface area contributed by atoms with Crippen molar-refractivity contribution in [2.45, 2.75) is 6.92 Å². The van der Waals surface area contributed by atoms with Crippen molar-refractivity contribution in [1.82, 2.24) is 0 Å². The molecule has 0 aliphatic rings. The van der Waals surface area contributed by atoms with E-state index in [0.29, 0.717) is 0 Å². The lowest BCUT2D eigenvalue weighted by atomic mass is 10.4. The van der Waals surface area contributed by atoms with Crippen LogP contribution in [0.3, 0.4) is 0 Å². The van der Waals surface area contributed by atoms with Crippen LogP contribution in [-0.4, -0.2) is 7.05 Å². The van der Waals surface area contributed by atoms with Crippen LogP contribution in [0.1, 0.15) is 6.92 Å². The van der Waals surface area contributed by atoms with Gasteiger partial charge in [-0.25, -0.2) is 0 Å². The van der Waals surface area contributed by atoms with Crippen molar-refractivity contribution in [1.29, 1.82) is 0 Å². The van der Waals surface area contributed by atoms with Crippen LogP contribution in [0, 0.1) is 0 Å². The molecule has 0 saturated heterocycles. The Morgan fingerprint density at radius 1 is 1.70 bits per heavy atom. The second kappa shape index (κ2) is 2.60. The number of hydrogen-bond acceptors (Lipinski definition) is 2. The Kier molecular flexibility index (Phi) is 1.81. The summed E-state index contributed by atoms with van der Waals surface area (Å²) in [5.74, 6) is 0. The number of anilines is 1. The van der Waals surface area contributed by atoms with Crippen molar-refractivity contribution < 1.29 is 4.42 Å². The lowest BCUT2D eigenvalue weighted by molar-refractivity contribution is 0.567. The maximum absolute atomic E-state index is 4.90. The maximum Gasteiger partial charge on any atom is 0.114 e. The first-order valence-corrected chi connectivity index (χ1v) is 3.13. The SMILES string of the molecule is C=C(C)N(C)c1ccoc1. The zero-order valence-electron chi connectivity index (χ0n) is 6.29. The molecule has 0 unspecified atom stereocenters. The fourth-order valence-electron chi connectivity index (χ4n) is 0.669. The molecule has 0 aliphatic heterocycles. The van der Waals surface area contributed by atoms with Crippen molar-refractivity contribution in [3.8, 4) is 0 Å². The van der Waals surface area contributed by atoms with E-state index in [0.717, 1.165) is 11.4 Å². The van der Waals surface area contributed by atoms with E-state index < -0.39 is 0 Å². The van der Waals surface area contributed by atoms with E-state index >= 15 is 0 Å². The van der Waals surface area contributed by atoms with Gasteiger partial charge in [0.1, 0.15) is 6.26 Å². The topological polar surface area (TPSA) is 16.4 Å². The first kappa shape index (κ1) is 6.93. The Bertz CT molecular complexity index is 213.